The summed E-state index contributed by atoms with van der Waals surface area (Å²) in [7, 11) is -4.28. The van der Waals surface area contributed by atoms with E-state index in [1.165, 1.54) is 31.2 Å². The van der Waals surface area contributed by atoms with Crippen molar-refractivity contribution in [2.75, 3.05) is 6.61 Å². The molecule has 0 aromatic heterocycles. The molecule has 0 aliphatic heterocycles. The van der Waals surface area contributed by atoms with Gasteiger partial charge in [-0.25, -0.2) is 17.2 Å². The highest BCUT2D eigenvalue weighted by atomic mass is 32.2. The van der Waals surface area contributed by atoms with Crippen LogP contribution in [0.1, 0.15) is 17.3 Å². The van der Waals surface area contributed by atoms with E-state index in [1.807, 2.05) is 4.72 Å². The molecule has 2 aromatic rings. The van der Waals surface area contributed by atoms with Crippen LogP contribution in [0.3, 0.4) is 0 Å². The summed E-state index contributed by atoms with van der Waals surface area (Å²) >= 11 is 0. The Morgan fingerprint density at radius 2 is 1.69 bits per heavy atom. The number of sulfonamides is 1. The summed E-state index contributed by atoms with van der Waals surface area (Å²) in [5.74, 6) is -3.08. The van der Waals surface area contributed by atoms with Crippen LogP contribution in [-0.2, 0) is 19.6 Å². The van der Waals surface area contributed by atoms with Gasteiger partial charge in [-0.15, -0.1) is 0 Å². The van der Waals surface area contributed by atoms with E-state index in [2.05, 4.69) is 0 Å². The molecule has 26 heavy (non-hydrogen) atoms. The average molecular weight is 383 g/mol. The molecule has 0 heterocycles. The Hall–Kier alpha value is -2.65. The Morgan fingerprint density at radius 3 is 2.31 bits per heavy atom. The highest BCUT2D eigenvalue weighted by molar-refractivity contribution is 7.89. The van der Waals surface area contributed by atoms with Crippen LogP contribution in [0.2, 0.25) is 0 Å². The maximum atomic E-state index is 13.6. The van der Waals surface area contributed by atoms with E-state index in [4.69, 9.17) is 4.74 Å². The summed E-state index contributed by atoms with van der Waals surface area (Å²) in [6, 6.07) is 7.97. The number of benzene rings is 2. The number of ketones is 1. The molecule has 0 amide bonds. The van der Waals surface area contributed by atoms with Gasteiger partial charge in [0.25, 0.3) is 0 Å². The first-order chi connectivity index (χ1) is 12.2. The summed E-state index contributed by atoms with van der Waals surface area (Å²) in [5.41, 5.74) is 0.138. The van der Waals surface area contributed by atoms with E-state index >= 15 is 0 Å². The van der Waals surface area contributed by atoms with E-state index in [9.17, 15) is 26.8 Å². The molecule has 6 nitrogen and oxygen atoms in total. The van der Waals surface area contributed by atoms with Crippen molar-refractivity contribution in [2.24, 2.45) is 0 Å². The fraction of sp³-hybridized carbons (Fsp3) is 0.176. The second-order valence-electron chi connectivity index (χ2n) is 5.31. The van der Waals surface area contributed by atoms with E-state index in [1.54, 1.807) is 0 Å². The molecule has 0 spiro atoms. The van der Waals surface area contributed by atoms with Crippen LogP contribution >= 0.6 is 0 Å². The lowest BCUT2D eigenvalue weighted by Gasteiger charge is -2.14. The minimum absolute atomic E-state index is 0.138. The van der Waals surface area contributed by atoms with Gasteiger partial charge >= 0.3 is 5.97 Å². The largest absolute Gasteiger partial charge is 0.456 e. The van der Waals surface area contributed by atoms with E-state index in [0.717, 1.165) is 24.3 Å². The quantitative estimate of drug-likeness (QED) is 0.584. The smallest absolute Gasteiger partial charge is 0.324 e. The topological polar surface area (TPSA) is 89.5 Å². The number of carbonyl (C=O) groups is 2. The lowest BCUT2D eigenvalue weighted by Crippen LogP contribution is -2.40. The highest BCUT2D eigenvalue weighted by Gasteiger charge is 2.25. The van der Waals surface area contributed by atoms with Crippen LogP contribution in [0.25, 0.3) is 0 Å². The number of hydrogen-bond acceptors (Lipinski definition) is 5. The Balaban J connectivity index is 1.96. The number of nitrogens with one attached hydrogen (secondary N) is 1. The van der Waals surface area contributed by atoms with Gasteiger partial charge in [-0.05, 0) is 43.3 Å². The SMILES string of the molecule is C[C@H](NS(=O)(=O)c1ccccc1F)C(=O)OCC(=O)c1ccc(F)cc1. The standard InChI is InChI=1S/C17H15F2NO5S/c1-11(20-26(23,24)16-5-3-2-4-14(16)19)17(22)25-10-15(21)12-6-8-13(18)9-7-12/h2-9,11,20H,10H2,1H3/t11-/m0/s1. The maximum absolute atomic E-state index is 13.6. The van der Waals surface area contributed by atoms with Crippen LogP contribution in [0.4, 0.5) is 8.78 Å². The first kappa shape index (κ1) is 19.7. The molecule has 0 radical (unpaired) electrons. The third-order valence-corrected chi connectivity index (χ3v) is 4.90. The molecule has 2 rings (SSSR count). The van der Waals surface area contributed by atoms with Gasteiger partial charge in [-0.3, -0.25) is 9.59 Å². The second kappa shape index (κ2) is 8.15. The molecule has 0 saturated carbocycles. The van der Waals surface area contributed by atoms with Crippen molar-refractivity contribution in [2.45, 2.75) is 17.9 Å². The van der Waals surface area contributed by atoms with Gasteiger partial charge in [0.15, 0.2) is 12.4 Å². The molecule has 9 heteroatoms. The van der Waals surface area contributed by atoms with Crippen molar-refractivity contribution >= 4 is 21.8 Å². The molecule has 2 aromatic carbocycles. The van der Waals surface area contributed by atoms with Gasteiger partial charge in [0.1, 0.15) is 22.6 Å². The zero-order valence-electron chi connectivity index (χ0n) is 13.6. The summed E-state index contributed by atoms with van der Waals surface area (Å²) in [4.78, 5) is 23.1. The zero-order chi connectivity index (χ0) is 19.3. The number of rotatable bonds is 7. The second-order valence-corrected chi connectivity index (χ2v) is 6.99. The van der Waals surface area contributed by atoms with Crippen molar-refractivity contribution in [1.82, 2.24) is 4.72 Å². The summed E-state index contributed by atoms with van der Waals surface area (Å²) in [5, 5.41) is 0. The first-order valence-corrected chi connectivity index (χ1v) is 8.91. The predicted molar refractivity (Wildman–Crippen MR) is 87.9 cm³/mol. The third-order valence-electron chi connectivity index (χ3n) is 3.32. The molecule has 1 N–H and O–H groups in total. The van der Waals surface area contributed by atoms with Crippen LogP contribution < -0.4 is 4.72 Å². The van der Waals surface area contributed by atoms with Gasteiger partial charge in [-0.1, -0.05) is 12.1 Å². The summed E-state index contributed by atoms with van der Waals surface area (Å²) < 4.78 is 57.3. The van der Waals surface area contributed by atoms with Crippen molar-refractivity contribution < 1.29 is 31.5 Å². The van der Waals surface area contributed by atoms with Gasteiger partial charge < -0.3 is 4.74 Å². The van der Waals surface area contributed by atoms with Crippen LogP contribution in [0.5, 0.6) is 0 Å². The molecule has 0 unspecified atom stereocenters. The van der Waals surface area contributed by atoms with E-state index in [0.29, 0.717) is 0 Å². The highest BCUT2D eigenvalue weighted by Crippen LogP contribution is 2.14. The minimum atomic E-state index is -4.28. The molecule has 138 valence electrons. The molecular weight excluding hydrogens is 368 g/mol. The zero-order valence-corrected chi connectivity index (χ0v) is 14.4. The van der Waals surface area contributed by atoms with E-state index in [-0.39, 0.29) is 5.56 Å². The molecule has 0 fully saturated rings. The normalized spacial score (nSPS) is 12.4. The molecule has 0 aliphatic carbocycles. The first-order valence-electron chi connectivity index (χ1n) is 7.43. The summed E-state index contributed by atoms with van der Waals surface area (Å²) in [6.07, 6.45) is 0. The Bertz CT molecular complexity index is 913. The fourth-order valence-corrected chi connectivity index (χ4v) is 3.26. The van der Waals surface area contributed by atoms with Crippen LogP contribution in [0.15, 0.2) is 53.4 Å². The number of hydrogen-bond donors (Lipinski definition) is 1. The number of esters is 1. The average Bonchev–Trinajstić information content (AvgIpc) is 2.59. The monoisotopic (exact) mass is 383 g/mol. The van der Waals surface area contributed by atoms with Crippen LogP contribution in [0, 0.1) is 11.6 Å². The lowest BCUT2D eigenvalue weighted by molar-refractivity contribution is -0.144. The van der Waals surface area contributed by atoms with Gasteiger partial charge in [-0.2, -0.15) is 4.72 Å². The number of Topliss-reactive ketones (excluding diaryl/α,β-unsaturated/α-hetero) is 1. The minimum Gasteiger partial charge on any atom is -0.456 e. The van der Waals surface area contributed by atoms with Gasteiger partial charge in [0, 0.05) is 5.56 Å². The lowest BCUT2D eigenvalue weighted by atomic mass is 10.1. The molecule has 0 saturated heterocycles. The Morgan fingerprint density at radius 1 is 1.08 bits per heavy atom. The van der Waals surface area contributed by atoms with Crippen molar-refractivity contribution in [3.8, 4) is 0 Å². The Labute approximate surface area is 148 Å². The van der Waals surface area contributed by atoms with Gasteiger partial charge in [0.2, 0.25) is 10.0 Å². The fourth-order valence-electron chi connectivity index (χ4n) is 1.99. The number of carbonyl (C=O) groups excluding carboxylic acids is 2. The molecular formula is C17H15F2NO5S. The van der Waals surface area contributed by atoms with Crippen molar-refractivity contribution in [3.63, 3.8) is 0 Å². The Kier molecular flexibility index (Phi) is 6.17. The van der Waals surface area contributed by atoms with Gasteiger partial charge in [0.05, 0.1) is 0 Å². The number of ether oxygens (including phenoxy) is 1. The molecule has 0 aliphatic rings. The third kappa shape index (κ3) is 4.93. The summed E-state index contributed by atoms with van der Waals surface area (Å²) in [6.45, 7) is 0.555. The van der Waals surface area contributed by atoms with Crippen molar-refractivity contribution in [3.05, 3.63) is 65.7 Å². The number of halogens is 2. The molecule has 1 atom stereocenters. The van der Waals surface area contributed by atoms with Crippen molar-refractivity contribution in [1.29, 1.82) is 0 Å². The predicted octanol–water partition coefficient (Wildman–Crippen LogP) is 2.06. The van der Waals surface area contributed by atoms with Crippen LogP contribution in [-0.4, -0.2) is 32.8 Å². The van der Waals surface area contributed by atoms with E-state index < -0.39 is 51.0 Å². The molecule has 0 bridgehead atoms. The maximum Gasteiger partial charge on any atom is 0.324 e.